The average Bonchev–Trinajstić information content (AvgIpc) is 2.81. The highest BCUT2D eigenvalue weighted by Crippen LogP contribution is 2.69. The third kappa shape index (κ3) is 1.84. The summed E-state index contributed by atoms with van der Waals surface area (Å²) < 4.78 is 5.38. The number of carbonyl (C=O) groups excluding carboxylic acids is 3. The maximum absolute atomic E-state index is 13.0. The summed E-state index contributed by atoms with van der Waals surface area (Å²) in [6, 6.07) is 7.01. The summed E-state index contributed by atoms with van der Waals surface area (Å²) in [4.78, 5) is 38.1. The summed E-state index contributed by atoms with van der Waals surface area (Å²) in [6.45, 7) is 8.00. The minimum absolute atomic E-state index is 0.378. The van der Waals surface area contributed by atoms with Crippen molar-refractivity contribution in [3.05, 3.63) is 24.3 Å². The van der Waals surface area contributed by atoms with Crippen LogP contribution in [0.5, 0.6) is 5.75 Å². The summed E-state index contributed by atoms with van der Waals surface area (Å²) in [5, 5.41) is 2.83. The maximum Gasteiger partial charge on any atom is 0.239 e. The van der Waals surface area contributed by atoms with Crippen LogP contribution in [0.1, 0.15) is 40.5 Å². The summed E-state index contributed by atoms with van der Waals surface area (Å²) in [7, 11) is 0. The summed E-state index contributed by atoms with van der Waals surface area (Å²) >= 11 is 0. The zero-order valence-electron chi connectivity index (χ0n) is 14.6. The van der Waals surface area contributed by atoms with Crippen LogP contribution in [0.2, 0.25) is 0 Å². The first-order valence-electron chi connectivity index (χ1n) is 8.34. The molecule has 2 saturated carbocycles. The van der Waals surface area contributed by atoms with Crippen molar-refractivity contribution in [3.8, 4) is 5.75 Å². The largest absolute Gasteiger partial charge is 0.494 e. The van der Waals surface area contributed by atoms with E-state index in [2.05, 4.69) is 5.32 Å². The van der Waals surface area contributed by atoms with Gasteiger partial charge in [-0.15, -0.1) is 0 Å². The van der Waals surface area contributed by atoms with Crippen molar-refractivity contribution in [1.29, 1.82) is 0 Å². The molecule has 0 radical (unpaired) electrons. The van der Waals surface area contributed by atoms with Crippen molar-refractivity contribution in [2.24, 2.45) is 16.2 Å². The van der Waals surface area contributed by atoms with Gasteiger partial charge in [-0.25, -0.2) is 0 Å². The molecule has 1 amide bonds. The average molecular weight is 329 g/mol. The number of carbonyl (C=O) groups is 3. The number of fused-ring (bicyclic) bond motifs is 2. The lowest BCUT2D eigenvalue weighted by Gasteiger charge is -2.37. The van der Waals surface area contributed by atoms with Gasteiger partial charge < -0.3 is 10.1 Å². The molecule has 0 aliphatic heterocycles. The highest BCUT2D eigenvalue weighted by molar-refractivity contribution is 6.49. The first-order chi connectivity index (χ1) is 11.2. The number of ketones is 2. The van der Waals surface area contributed by atoms with E-state index in [1.165, 1.54) is 0 Å². The van der Waals surface area contributed by atoms with Gasteiger partial charge in [0.25, 0.3) is 0 Å². The highest BCUT2D eigenvalue weighted by atomic mass is 16.5. The molecule has 0 saturated heterocycles. The topological polar surface area (TPSA) is 72.5 Å². The minimum atomic E-state index is -1.27. The molecule has 1 aromatic rings. The number of rotatable bonds is 4. The summed E-state index contributed by atoms with van der Waals surface area (Å²) in [5.41, 5.74) is -2.12. The predicted octanol–water partition coefficient (Wildman–Crippen LogP) is 2.99. The highest BCUT2D eigenvalue weighted by Gasteiger charge is 2.77. The van der Waals surface area contributed by atoms with E-state index in [9.17, 15) is 14.4 Å². The number of nitrogens with one attached hydrogen (secondary N) is 1. The molecule has 0 aromatic heterocycles. The zero-order valence-corrected chi connectivity index (χ0v) is 14.6. The van der Waals surface area contributed by atoms with E-state index in [-0.39, 0.29) is 5.91 Å². The Balaban J connectivity index is 1.89. The fraction of sp³-hybridized carbons (Fsp3) is 0.526. The Labute approximate surface area is 141 Å². The SMILES string of the molecule is CCOc1ccc(NC(=O)[C@@]23CC[C@@](C)(C(=O)C2=O)C3(C)C)cc1. The third-order valence-corrected chi connectivity index (χ3v) is 6.35. The van der Waals surface area contributed by atoms with Crippen LogP contribution in [0, 0.1) is 16.2 Å². The molecule has 1 aromatic carbocycles. The molecule has 2 bridgehead atoms. The Kier molecular flexibility index (Phi) is 3.59. The van der Waals surface area contributed by atoms with E-state index in [0.717, 1.165) is 5.75 Å². The van der Waals surface area contributed by atoms with Gasteiger partial charge in [-0.2, -0.15) is 0 Å². The number of hydrogen-bond donors (Lipinski definition) is 1. The monoisotopic (exact) mass is 329 g/mol. The summed E-state index contributed by atoms with van der Waals surface area (Å²) in [5.74, 6) is -0.601. The zero-order chi connectivity index (χ0) is 17.8. The van der Waals surface area contributed by atoms with Gasteiger partial charge in [0.1, 0.15) is 11.2 Å². The van der Waals surface area contributed by atoms with Crippen LogP contribution in [-0.2, 0) is 14.4 Å². The first kappa shape index (κ1) is 16.7. The molecule has 2 aliphatic rings. The van der Waals surface area contributed by atoms with Crippen LogP contribution in [0.25, 0.3) is 0 Å². The minimum Gasteiger partial charge on any atom is -0.494 e. The van der Waals surface area contributed by atoms with Crippen LogP contribution in [0.4, 0.5) is 5.69 Å². The number of ether oxygens (including phenoxy) is 1. The number of hydrogen-bond acceptors (Lipinski definition) is 4. The molecule has 2 aliphatic carbocycles. The van der Waals surface area contributed by atoms with E-state index < -0.39 is 27.8 Å². The van der Waals surface area contributed by atoms with Crippen molar-refractivity contribution in [3.63, 3.8) is 0 Å². The molecule has 24 heavy (non-hydrogen) atoms. The Morgan fingerprint density at radius 2 is 1.71 bits per heavy atom. The molecule has 1 N–H and O–H groups in total. The van der Waals surface area contributed by atoms with Crippen LogP contribution in [0.15, 0.2) is 24.3 Å². The van der Waals surface area contributed by atoms with E-state index in [1.807, 2.05) is 27.7 Å². The lowest BCUT2D eigenvalue weighted by atomic mass is 9.64. The molecule has 5 nitrogen and oxygen atoms in total. The number of Topliss-reactive ketones (excluding diaryl/α,β-unsaturated/α-hetero) is 2. The third-order valence-electron chi connectivity index (χ3n) is 6.35. The normalized spacial score (nSPS) is 30.5. The first-order valence-corrected chi connectivity index (χ1v) is 8.34. The molecular weight excluding hydrogens is 306 g/mol. The van der Waals surface area contributed by atoms with Gasteiger partial charge in [-0.1, -0.05) is 20.8 Å². The Morgan fingerprint density at radius 1 is 1.08 bits per heavy atom. The van der Waals surface area contributed by atoms with Crippen LogP contribution in [0.3, 0.4) is 0 Å². The van der Waals surface area contributed by atoms with E-state index in [4.69, 9.17) is 4.74 Å². The van der Waals surface area contributed by atoms with Crippen molar-refractivity contribution < 1.29 is 19.1 Å². The smallest absolute Gasteiger partial charge is 0.239 e. The molecule has 5 heteroatoms. The van der Waals surface area contributed by atoms with E-state index in [0.29, 0.717) is 25.1 Å². The second kappa shape index (κ2) is 5.16. The van der Waals surface area contributed by atoms with Crippen molar-refractivity contribution >= 4 is 23.2 Å². The molecule has 0 spiro atoms. The van der Waals surface area contributed by atoms with Crippen molar-refractivity contribution in [2.75, 3.05) is 11.9 Å². The fourth-order valence-electron chi connectivity index (χ4n) is 4.31. The number of anilines is 1. The number of benzene rings is 1. The Morgan fingerprint density at radius 3 is 2.21 bits per heavy atom. The fourth-order valence-corrected chi connectivity index (χ4v) is 4.31. The van der Waals surface area contributed by atoms with E-state index in [1.54, 1.807) is 24.3 Å². The van der Waals surface area contributed by atoms with Crippen molar-refractivity contribution in [1.82, 2.24) is 0 Å². The predicted molar refractivity (Wildman–Crippen MR) is 89.8 cm³/mol. The Bertz CT molecular complexity index is 721. The number of amides is 1. The van der Waals surface area contributed by atoms with Crippen LogP contribution < -0.4 is 10.1 Å². The lowest BCUT2D eigenvalue weighted by Crippen LogP contribution is -2.47. The van der Waals surface area contributed by atoms with Gasteiger partial charge in [-0.3, -0.25) is 14.4 Å². The molecule has 0 unspecified atom stereocenters. The van der Waals surface area contributed by atoms with E-state index >= 15 is 0 Å². The van der Waals surface area contributed by atoms with Gasteiger partial charge >= 0.3 is 0 Å². The van der Waals surface area contributed by atoms with Gasteiger partial charge in [0, 0.05) is 11.1 Å². The molecular formula is C19H23NO4. The second-order valence-electron chi connectivity index (χ2n) is 7.43. The van der Waals surface area contributed by atoms with Crippen LogP contribution in [-0.4, -0.2) is 24.1 Å². The van der Waals surface area contributed by atoms with Gasteiger partial charge in [0.05, 0.1) is 6.61 Å². The standard InChI is InChI=1S/C19H23NO4/c1-5-24-13-8-6-12(7-9-13)20-16(23)19-11-10-18(4,17(19,2)3)14(21)15(19)22/h6-9H,5,10-11H2,1-4H3,(H,20,23)/t18-,19+/m0/s1. The molecule has 0 heterocycles. The van der Waals surface area contributed by atoms with Gasteiger partial charge in [-0.05, 0) is 49.4 Å². The quantitative estimate of drug-likeness (QED) is 0.681. The van der Waals surface area contributed by atoms with Gasteiger partial charge in [0.2, 0.25) is 17.5 Å². The van der Waals surface area contributed by atoms with Gasteiger partial charge in [0.15, 0.2) is 0 Å². The molecule has 2 atom stereocenters. The Hall–Kier alpha value is -2.17. The van der Waals surface area contributed by atoms with Crippen LogP contribution >= 0.6 is 0 Å². The molecule has 2 fully saturated rings. The maximum atomic E-state index is 13.0. The van der Waals surface area contributed by atoms with Crippen molar-refractivity contribution in [2.45, 2.75) is 40.5 Å². The lowest BCUT2D eigenvalue weighted by molar-refractivity contribution is -0.147. The summed E-state index contributed by atoms with van der Waals surface area (Å²) in [6.07, 6.45) is 0.991. The molecule has 3 rings (SSSR count). The molecule has 128 valence electrons. The second-order valence-corrected chi connectivity index (χ2v) is 7.43.